The monoisotopic (exact) mass is 237 g/mol. The van der Waals surface area contributed by atoms with Crippen LogP contribution < -0.4 is 5.32 Å². The fraction of sp³-hybridized carbons (Fsp3) is 0.500. The van der Waals surface area contributed by atoms with Gasteiger partial charge in [0.15, 0.2) is 0 Å². The highest BCUT2D eigenvalue weighted by molar-refractivity contribution is 5.67. The van der Waals surface area contributed by atoms with Crippen LogP contribution in [0.5, 0.6) is 0 Å². The number of ether oxygens (including phenoxy) is 1. The van der Waals surface area contributed by atoms with Crippen LogP contribution in [0, 0.1) is 0 Å². The van der Waals surface area contributed by atoms with Gasteiger partial charge in [0.05, 0.1) is 6.61 Å². The minimum Gasteiger partial charge on any atom is -0.449 e. The maximum Gasteiger partial charge on any atom is 0.407 e. The van der Waals surface area contributed by atoms with Crippen molar-refractivity contribution in [3.8, 4) is 0 Å². The minimum absolute atomic E-state index is 0.373. The van der Waals surface area contributed by atoms with Crippen LogP contribution in [0.2, 0.25) is 0 Å². The Morgan fingerprint density at radius 1 is 1.18 bits per heavy atom. The molecule has 96 valence electrons. The zero-order chi connectivity index (χ0) is 12.8. The Kier molecular flexibility index (Phi) is 11.4. The second-order valence-corrected chi connectivity index (χ2v) is 3.52. The van der Waals surface area contributed by atoms with E-state index in [9.17, 15) is 4.79 Å². The Labute approximate surface area is 104 Å². The standard InChI is InChI=1S/C14H23NO2/c1-3-5-7-8-9-10-11-12-15-14(16)17-13-6-4-2/h4-5,7,10-11H,2-3,6,8-9,12-13H2,1H3,(H,15,16)/b7-5-,11-10+. The summed E-state index contributed by atoms with van der Waals surface area (Å²) < 4.78 is 4.88. The number of nitrogens with one attached hydrogen (secondary N) is 1. The first-order valence-corrected chi connectivity index (χ1v) is 6.12. The van der Waals surface area contributed by atoms with E-state index < -0.39 is 0 Å². The van der Waals surface area contributed by atoms with E-state index >= 15 is 0 Å². The van der Waals surface area contributed by atoms with E-state index in [-0.39, 0.29) is 6.09 Å². The molecular weight excluding hydrogens is 214 g/mol. The lowest BCUT2D eigenvalue weighted by molar-refractivity contribution is 0.149. The summed E-state index contributed by atoms with van der Waals surface area (Å²) >= 11 is 0. The summed E-state index contributed by atoms with van der Waals surface area (Å²) in [6, 6.07) is 0. The number of amides is 1. The fourth-order valence-corrected chi connectivity index (χ4v) is 1.11. The molecule has 1 amide bonds. The Bertz CT molecular complexity index is 257. The van der Waals surface area contributed by atoms with E-state index in [0.717, 1.165) is 19.3 Å². The predicted octanol–water partition coefficient (Wildman–Crippen LogP) is 3.59. The summed E-state index contributed by atoms with van der Waals surface area (Å²) in [5, 5.41) is 2.64. The van der Waals surface area contributed by atoms with Crippen LogP contribution in [0.15, 0.2) is 37.0 Å². The zero-order valence-electron chi connectivity index (χ0n) is 10.7. The van der Waals surface area contributed by atoms with Crippen LogP contribution in [0.4, 0.5) is 4.79 Å². The highest BCUT2D eigenvalue weighted by Crippen LogP contribution is 1.93. The molecule has 0 aliphatic carbocycles. The van der Waals surface area contributed by atoms with Gasteiger partial charge in [-0.05, 0) is 25.7 Å². The molecule has 0 radical (unpaired) electrons. The van der Waals surface area contributed by atoms with E-state index in [2.05, 4.69) is 37.0 Å². The average Bonchev–Trinajstić information content (AvgIpc) is 2.33. The third kappa shape index (κ3) is 12.4. The molecule has 0 saturated carbocycles. The molecule has 17 heavy (non-hydrogen) atoms. The first kappa shape index (κ1) is 15.5. The molecule has 0 spiro atoms. The van der Waals surface area contributed by atoms with Gasteiger partial charge < -0.3 is 10.1 Å². The Morgan fingerprint density at radius 2 is 1.88 bits per heavy atom. The molecule has 1 N–H and O–H groups in total. The van der Waals surface area contributed by atoms with Gasteiger partial charge in [0, 0.05) is 6.54 Å². The molecular formula is C14H23NO2. The van der Waals surface area contributed by atoms with Gasteiger partial charge in [-0.1, -0.05) is 37.3 Å². The van der Waals surface area contributed by atoms with Crippen molar-refractivity contribution in [1.82, 2.24) is 5.32 Å². The molecule has 0 unspecified atom stereocenters. The quantitative estimate of drug-likeness (QED) is 0.491. The lowest BCUT2D eigenvalue weighted by Crippen LogP contribution is -2.24. The maximum absolute atomic E-state index is 11.1. The minimum atomic E-state index is -0.373. The highest BCUT2D eigenvalue weighted by atomic mass is 16.5. The second kappa shape index (κ2) is 12.6. The molecule has 0 fully saturated rings. The van der Waals surface area contributed by atoms with Crippen molar-refractivity contribution in [3.63, 3.8) is 0 Å². The van der Waals surface area contributed by atoms with Gasteiger partial charge in [0.2, 0.25) is 0 Å². The number of hydrogen-bond acceptors (Lipinski definition) is 2. The predicted molar refractivity (Wildman–Crippen MR) is 72.0 cm³/mol. The number of alkyl carbamates (subject to hydrolysis) is 1. The van der Waals surface area contributed by atoms with Crippen molar-refractivity contribution in [1.29, 1.82) is 0 Å². The summed E-state index contributed by atoms with van der Waals surface area (Å²) in [5.41, 5.74) is 0. The smallest absolute Gasteiger partial charge is 0.407 e. The Hall–Kier alpha value is -1.51. The topological polar surface area (TPSA) is 38.3 Å². The summed E-state index contributed by atoms with van der Waals surface area (Å²) in [4.78, 5) is 11.1. The van der Waals surface area contributed by atoms with E-state index in [1.807, 2.05) is 6.08 Å². The third-order valence-corrected chi connectivity index (χ3v) is 1.99. The lowest BCUT2D eigenvalue weighted by Gasteiger charge is -2.02. The molecule has 3 nitrogen and oxygen atoms in total. The molecule has 0 bridgehead atoms. The molecule has 0 rings (SSSR count). The van der Waals surface area contributed by atoms with Crippen molar-refractivity contribution >= 4 is 6.09 Å². The van der Waals surface area contributed by atoms with E-state index in [1.165, 1.54) is 0 Å². The molecule has 0 heterocycles. The molecule has 0 aromatic carbocycles. The average molecular weight is 237 g/mol. The zero-order valence-corrected chi connectivity index (χ0v) is 10.7. The van der Waals surface area contributed by atoms with Gasteiger partial charge >= 0.3 is 6.09 Å². The molecule has 0 aromatic rings. The van der Waals surface area contributed by atoms with E-state index in [4.69, 9.17) is 4.74 Å². The van der Waals surface area contributed by atoms with Crippen LogP contribution in [0.25, 0.3) is 0 Å². The van der Waals surface area contributed by atoms with Crippen molar-refractivity contribution in [2.24, 2.45) is 0 Å². The van der Waals surface area contributed by atoms with Gasteiger partial charge in [-0.3, -0.25) is 0 Å². The van der Waals surface area contributed by atoms with Crippen molar-refractivity contribution in [2.45, 2.75) is 32.6 Å². The van der Waals surface area contributed by atoms with Crippen LogP contribution in [0.3, 0.4) is 0 Å². The van der Waals surface area contributed by atoms with Crippen molar-refractivity contribution in [3.05, 3.63) is 37.0 Å². The number of unbranched alkanes of at least 4 members (excludes halogenated alkanes) is 1. The van der Waals surface area contributed by atoms with Gasteiger partial charge in [0.25, 0.3) is 0 Å². The molecule has 0 aliphatic heterocycles. The second-order valence-electron chi connectivity index (χ2n) is 3.52. The van der Waals surface area contributed by atoms with Gasteiger partial charge in [-0.2, -0.15) is 0 Å². The first-order chi connectivity index (χ1) is 8.31. The molecule has 0 saturated heterocycles. The number of carbonyl (C=O) groups excluding carboxylic acids is 1. The van der Waals surface area contributed by atoms with Crippen LogP contribution in [-0.2, 0) is 4.74 Å². The van der Waals surface area contributed by atoms with E-state index in [1.54, 1.807) is 6.08 Å². The number of carbonyl (C=O) groups is 1. The van der Waals surface area contributed by atoms with E-state index in [0.29, 0.717) is 19.6 Å². The third-order valence-electron chi connectivity index (χ3n) is 1.99. The summed E-state index contributed by atoms with van der Waals surface area (Å²) in [5.74, 6) is 0. The lowest BCUT2D eigenvalue weighted by atomic mass is 10.2. The first-order valence-electron chi connectivity index (χ1n) is 6.12. The summed E-state index contributed by atoms with van der Waals surface area (Å²) in [6.45, 7) is 6.57. The Balaban J connectivity index is 3.36. The molecule has 0 aliphatic rings. The molecule has 0 aromatic heterocycles. The normalized spacial score (nSPS) is 10.9. The SMILES string of the molecule is C=CCCOC(=O)NC/C=C/CC/C=C\CC. The fourth-order valence-electron chi connectivity index (χ4n) is 1.11. The van der Waals surface area contributed by atoms with Gasteiger partial charge in [-0.15, -0.1) is 6.58 Å². The highest BCUT2D eigenvalue weighted by Gasteiger charge is 1.96. The number of allylic oxidation sites excluding steroid dienone is 3. The largest absolute Gasteiger partial charge is 0.449 e. The molecule has 3 heteroatoms. The number of hydrogen-bond donors (Lipinski definition) is 1. The summed E-state index contributed by atoms with van der Waals surface area (Å²) in [6.07, 6.45) is 13.5. The van der Waals surface area contributed by atoms with Gasteiger partial charge in [0.1, 0.15) is 0 Å². The van der Waals surface area contributed by atoms with Gasteiger partial charge in [-0.25, -0.2) is 4.79 Å². The Morgan fingerprint density at radius 3 is 2.53 bits per heavy atom. The maximum atomic E-state index is 11.1. The summed E-state index contributed by atoms with van der Waals surface area (Å²) in [7, 11) is 0. The number of rotatable bonds is 9. The van der Waals surface area contributed by atoms with Crippen molar-refractivity contribution in [2.75, 3.05) is 13.2 Å². The van der Waals surface area contributed by atoms with Crippen LogP contribution >= 0.6 is 0 Å². The van der Waals surface area contributed by atoms with Crippen LogP contribution in [0.1, 0.15) is 32.6 Å². The van der Waals surface area contributed by atoms with Crippen LogP contribution in [-0.4, -0.2) is 19.2 Å². The van der Waals surface area contributed by atoms with Crippen molar-refractivity contribution < 1.29 is 9.53 Å². The molecule has 0 atom stereocenters.